The lowest BCUT2D eigenvalue weighted by Crippen LogP contribution is -2.55. The molecule has 2 fully saturated rings. The minimum Gasteiger partial charge on any atom is -0.375 e. The third kappa shape index (κ3) is 2.77. The van der Waals surface area contributed by atoms with Crippen LogP contribution in [0.5, 0.6) is 0 Å². The van der Waals surface area contributed by atoms with Crippen molar-refractivity contribution < 1.29 is 9.53 Å². The molecule has 1 N–H and O–H groups in total. The average molecular weight is 292 g/mol. The van der Waals surface area contributed by atoms with E-state index in [1.165, 1.54) is 0 Å². The lowest BCUT2D eigenvalue weighted by Gasteiger charge is -2.47. The number of hydrogen-bond acceptors (Lipinski definition) is 3. The van der Waals surface area contributed by atoms with Crippen LogP contribution in [-0.2, 0) is 11.8 Å². The Bertz CT molecular complexity index is 500. The van der Waals surface area contributed by atoms with Crippen molar-refractivity contribution in [3.63, 3.8) is 0 Å². The first-order valence-electron chi connectivity index (χ1n) is 7.81. The Hall–Kier alpha value is -1.56. The highest BCUT2D eigenvalue weighted by Crippen LogP contribution is 2.36. The molecule has 0 radical (unpaired) electrons. The summed E-state index contributed by atoms with van der Waals surface area (Å²) >= 11 is 0. The number of aryl methyl sites for hydroxylation is 1. The molecule has 3 rings (SSSR count). The van der Waals surface area contributed by atoms with Crippen molar-refractivity contribution in [2.24, 2.45) is 7.05 Å². The van der Waals surface area contributed by atoms with Crippen LogP contribution < -0.4 is 5.32 Å². The standard InChI is InChI=1S/C15H24N4O2/c1-3-12(13-4-8-16-18(13)2)17-14(20)19-9-5-15(6-10-19)7-11-21-15/h4,8,12H,3,5-7,9-11H2,1-2H3,(H,17,20). The zero-order valence-corrected chi connectivity index (χ0v) is 12.8. The largest absolute Gasteiger partial charge is 0.375 e. The van der Waals surface area contributed by atoms with Gasteiger partial charge in [0, 0.05) is 26.3 Å². The first-order valence-corrected chi connectivity index (χ1v) is 7.81. The van der Waals surface area contributed by atoms with Crippen LogP contribution in [0.3, 0.4) is 0 Å². The quantitative estimate of drug-likeness (QED) is 0.924. The summed E-state index contributed by atoms with van der Waals surface area (Å²) in [5.41, 5.74) is 1.13. The van der Waals surface area contributed by atoms with Crippen molar-refractivity contribution in [3.05, 3.63) is 18.0 Å². The van der Waals surface area contributed by atoms with Gasteiger partial charge in [0.15, 0.2) is 0 Å². The molecule has 116 valence electrons. The maximum atomic E-state index is 12.4. The van der Waals surface area contributed by atoms with Crippen LogP contribution >= 0.6 is 0 Å². The Labute approximate surface area is 125 Å². The number of aromatic nitrogens is 2. The highest BCUT2D eigenvalue weighted by Gasteiger charge is 2.42. The van der Waals surface area contributed by atoms with Gasteiger partial charge >= 0.3 is 6.03 Å². The molecule has 0 aromatic carbocycles. The van der Waals surface area contributed by atoms with Gasteiger partial charge in [0.1, 0.15) is 0 Å². The number of ether oxygens (including phenoxy) is 1. The van der Waals surface area contributed by atoms with E-state index in [1.807, 2.05) is 22.7 Å². The van der Waals surface area contributed by atoms with Gasteiger partial charge in [0.2, 0.25) is 0 Å². The van der Waals surface area contributed by atoms with Gasteiger partial charge in [-0.25, -0.2) is 4.79 Å². The van der Waals surface area contributed by atoms with Gasteiger partial charge in [-0.2, -0.15) is 5.10 Å². The normalized spacial score (nSPS) is 21.9. The van der Waals surface area contributed by atoms with Crippen LogP contribution in [0.4, 0.5) is 4.79 Å². The van der Waals surface area contributed by atoms with Crippen LogP contribution in [0, 0.1) is 0 Å². The second-order valence-corrected chi connectivity index (χ2v) is 6.06. The molecule has 1 unspecified atom stereocenters. The number of amides is 2. The minimum absolute atomic E-state index is 0.0147. The van der Waals surface area contributed by atoms with Crippen LogP contribution in [0.25, 0.3) is 0 Å². The first kappa shape index (κ1) is 14.4. The van der Waals surface area contributed by atoms with Crippen molar-refractivity contribution >= 4 is 6.03 Å². The fourth-order valence-electron chi connectivity index (χ4n) is 3.25. The molecule has 0 aliphatic carbocycles. The first-order chi connectivity index (χ1) is 10.1. The van der Waals surface area contributed by atoms with Gasteiger partial charge < -0.3 is 15.0 Å². The van der Waals surface area contributed by atoms with Crippen LogP contribution in [0.15, 0.2) is 12.3 Å². The van der Waals surface area contributed by atoms with Gasteiger partial charge in [-0.3, -0.25) is 4.68 Å². The predicted octanol–water partition coefficient (Wildman–Crippen LogP) is 1.84. The number of carbonyl (C=O) groups excluding carboxylic acids is 1. The van der Waals surface area contributed by atoms with Crippen LogP contribution in [0.1, 0.15) is 44.3 Å². The van der Waals surface area contributed by atoms with E-state index < -0.39 is 0 Å². The third-order valence-electron chi connectivity index (χ3n) is 4.85. The molecule has 2 amide bonds. The third-order valence-corrected chi connectivity index (χ3v) is 4.85. The molecular weight excluding hydrogens is 268 g/mol. The maximum absolute atomic E-state index is 12.4. The predicted molar refractivity (Wildman–Crippen MR) is 78.9 cm³/mol. The Kier molecular flexibility index (Phi) is 3.89. The van der Waals surface area contributed by atoms with Gasteiger partial charge in [-0.05, 0) is 31.7 Å². The van der Waals surface area contributed by atoms with Crippen molar-refractivity contribution in [2.45, 2.75) is 44.2 Å². The molecule has 0 bridgehead atoms. The molecular formula is C15H24N4O2. The summed E-state index contributed by atoms with van der Waals surface area (Å²) < 4.78 is 7.52. The molecule has 6 nitrogen and oxygen atoms in total. The number of hydrogen-bond donors (Lipinski definition) is 1. The SMILES string of the molecule is CCC(NC(=O)N1CCC2(CCO2)CC1)c1ccnn1C. The second kappa shape index (κ2) is 5.67. The number of urea groups is 1. The van der Waals surface area contributed by atoms with Gasteiger partial charge in [0.25, 0.3) is 0 Å². The minimum atomic E-state index is 0.0147. The van der Waals surface area contributed by atoms with Gasteiger partial charge in [0.05, 0.1) is 23.9 Å². The molecule has 0 saturated carbocycles. The average Bonchev–Trinajstić information content (AvgIpc) is 2.89. The van der Waals surface area contributed by atoms with E-state index in [1.54, 1.807) is 6.20 Å². The molecule has 1 aromatic heterocycles. The number of nitrogens with zero attached hydrogens (tertiary/aromatic N) is 3. The Morgan fingerprint density at radius 1 is 1.48 bits per heavy atom. The molecule has 1 aromatic rings. The molecule has 2 saturated heterocycles. The summed E-state index contributed by atoms with van der Waals surface area (Å²) in [4.78, 5) is 14.3. The Morgan fingerprint density at radius 2 is 2.19 bits per heavy atom. The van der Waals surface area contributed by atoms with E-state index in [2.05, 4.69) is 17.3 Å². The van der Waals surface area contributed by atoms with E-state index >= 15 is 0 Å². The fraction of sp³-hybridized carbons (Fsp3) is 0.733. The Balaban J connectivity index is 1.57. The van der Waals surface area contributed by atoms with Gasteiger partial charge in [-0.15, -0.1) is 0 Å². The molecule has 2 aliphatic rings. The summed E-state index contributed by atoms with van der Waals surface area (Å²) in [6.07, 6.45) is 5.69. The van der Waals surface area contributed by atoms with Crippen molar-refractivity contribution in [2.75, 3.05) is 19.7 Å². The van der Waals surface area contributed by atoms with E-state index in [4.69, 9.17) is 4.74 Å². The molecule has 1 spiro atoms. The number of piperidine rings is 1. The van der Waals surface area contributed by atoms with E-state index in [0.29, 0.717) is 0 Å². The number of likely N-dealkylation sites (tertiary alicyclic amines) is 1. The fourth-order valence-corrected chi connectivity index (χ4v) is 3.25. The van der Waals surface area contributed by atoms with Crippen molar-refractivity contribution in [1.82, 2.24) is 20.0 Å². The molecule has 1 atom stereocenters. The smallest absolute Gasteiger partial charge is 0.317 e. The number of carbonyl (C=O) groups is 1. The van der Waals surface area contributed by atoms with Crippen molar-refractivity contribution in [1.29, 1.82) is 0 Å². The summed E-state index contributed by atoms with van der Waals surface area (Å²) in [5.74, 6) is 0. The van der Waals surface area contributed by atoms with Gasteiger partial charge in [-0.1, -0.05) is 6.92 Å². The molecule has 2 aliphatic heterocycles. The summed E-state index contributed by atoms with van der Waals surface area (Å²) in [6.45, 7) is 4.53. The Morgan fingerprint density at radius 3 is 2.67 bits per heavy atom. The van der Waals surface area contributed by atoms with Crippen molar-refractivity contribution in [3.8, 4) is 0 Å². The lowest BCUT2D eigenvalue weighted by molar-refractivity contribution is -0.169. The topological polar surface area (TPSA) is 59.4 Å². The highest BCUT2D eigenvalue weighted by molar-refractivity contribution is 5.74. The summed E-state index contributed by atoms with van der Waals surface area (Å²) in [6, 6.07) is 2.00. The van der Waals surface area contributed by atoms with E-state index in [0.717, 1.165) is 51.1 Å². The lowest BCUT2D eigenvalue weighted by atomic mass is 9.84. The monoisotopic (exact) mass is 292 g/mol. The van der Waals surface area contributed by atoms with E-state index in [9.17, 15) is 4.79 Å². The second-order valence-electron chi connectivity index (χ2n) is 6.06. The van der Waals surface area contributed by atoms with E-state index in [-0.39, 0.29) is 17.7 Å². The molecule has 21 heavy (non-hydrogen) atoms. The molecule has 3 heterocycles. The highest BCUT2D eigenvalue weighted by atomic mass is 16.5. The van der Waals surface area contributed by atoms with Crippen LogP contribution in [-0.4, -0.2) is 46.0 Å². The number of nitrogens with one attached hydrogen (secondary N) is 1. The zero-order chi connectivity index (χ0) is 14.9. The molecule has 6 heteroatoms. The maximum Gasteiger partial charge on any atom is 0.317 e. The summed E-state index contributed by atoms with van der Waals surface area (Å²) in [7, 11) is 1.91. The summed E-state index contributed by atoms with van der Waals surface area (Å²) in [5, 5.41) is 7.31. The van der Waals surface area contributed by atoms with Crippen LogP contribution in [0.2, 0.25) is 0 Å². The number of rotatable bonds is 3. The zero-order valence-electron chi connectivity index (χ0n) is 12.8.